The van der Waals surface area contributed by atoms with Gasteiger partial charge in [-0.05, 0) is 125 Å². The van der Waals surface area contributed by atoms with Crippen LogP contribution in [0.1, 0.15) is 99.1 Å². The van der Waals surface area contributed by atoms with Crippen molar-refractivity contribution in [2.24, 2.45) is 11.8 Å². The summed E-state index contributed by atoms with van der Waals surface area (Å²) in [4.78, 5) is 34.3. The number of anilines is 1. The van der Waals surface area contributed by atoms with Crippen LogP contribution in [-0.4, -0.2) is 47.7 Å². The maximum atomic E-state index is 14.3. The minimum absolute atomic E-state index is 0.0109. The van der Waals surface area contributed by atoms with Crippen LogP contribution in [0.4, 0.5) is 5.69 Å². The molecule has 0 radical (unpaired) electrons. The van der Waals surface area contributed by atoms with Crippen molar-refractivity contribution in [3.63, 3.8) is 0 Å². The Labute approximate surface area is 271 Å². The summed E-state index contributed by atoms with van der Waals surface area (Å²) in [5.41, 5.74) is 4.66. The molecule has 2 N–H and O–H groups in total. The van der Waals surface area contributed by atoms with Crippen LogP contribution in [-0.2, 0) is 9.59 Å². The van der Waals surface area contributed by atoms with Crippen molar-refractivity contribution in [3.8, 4) is 16.2 Å². The number of thiazole rings is 1. The van der Waals surface area contributed by atoms with Crippen molar-refractivity contribution in [1.29, 1.82) is 0 Å². The predicted molar refractivity (Wildman–Crippen MR) is 180 cm³/mol. The molecule has 7 nitrogen and oxygen atoms in total. The molecule has 6 rings (SSSR count). The molecule has 3 fully saturated rings. The van der Waals surface area contributed by atoms with Gasteiger partial charge in [0.15, 0.2) is 0 Å². The predicted octanol–water partition coefficient (Wildman–Crippen LogP) is 7.37. The summed E-state index contributed by atoms with van der Waals surface area (Å²) in [7, 11) is 1.72. The minimum Gasteiger partial charge on any atom is -0.496 e. The quantitative estimate of drug-likeness (QED) is 0.244. The number of carbonyl (C=O) groups is 2. The zero-order valence-corrected chi connectivity index (χ0v) is 27.7. The van der Waals surface area contributed by atoms with Crippen molar-refractivity contribution < 1.29 is 19.4 Å². The zero-order chi connectivity index (χ0) is 31.5. The Morgan fingerprint density at radius 2 is 1.73 bits per heavy atom. The second kappa shape index (κ2) is 14.0. The van der Waals surface area contributed by atoms with Gasteiger partial charge in [-0.3, -0.25) is 9.59 Å². The first-order valence-electron chi connectivity index (χ1n) is 16.8. The number of nitrogens with zero attached hydrogens (tertiary/aromatic N) is 2. The highest BCUT2D eigenvalue weighted by atomic mass is 32.1. The van der Waals surface area contributed by atoms with Crippen LogP contribution in [0.3, 0.4) is 0 Å². The van der Waals surface area contributed by atoms with Gasteiger partial charge in [-0.2, -0.15) is 0 Å². The van der Waals surface area contributed by atoms with Gasteiger partial charge in [0, 0.05) is 36.3 Å². The monoisotopic (exact) mass is 629 g/mol. The van der Waals surface area contributed by atoms with Gasteiger partial charge >= 0.3 is 0 Å². The molecule has 0 spiro atoms. The van der Waals surface area contributed by atoms with Crippen molar-refractivity contribution in [1.82, 2.24) is 10.3 Å². The first-order chi connectivity index (χ1) is 21.8. The lowest BCUT2D eigenvalue weighted by molar-refractivity contribution is -0.129. The summed E-state index contributed by atoms with van der Waals surface area (Å²) in [5.74, 6) is 2.33. The van der Waals surface area contributed by atoms with E-state index in [2.05, 4.69) is 59.6 Å². The maximum absolute atomic E-state index is 14.3. The van der Waals surface area contributed by atoms with E-state index in [0.717, 1.165) is 79.8 Å². The van der Waals surface area contributed by atoms with Crippen LogP contribution in [0.25, 0.3) is 10.4 Å². The summed E-state index contributed by atoms with van der Waals surface area (Å²) in [6.07, 6.45) is 10.9. The van der Waals surface area contributed by atoms with Crippen molar-refractivity contribution in [2.75, 3.05) is 18.6 Å². The number of hydrogen-bond acceptors (Lipinski definition) is 6. The van der Waals surface area contributed by atoms with E-state index in [0.29, 0.717) is 17.8 Å². The fourth-order valence-corrected chi connectivity index (χ4v) is 8.29. The van der Waals surface area contributed by atoms with E-state index < -0.39 is 6.10 Å². The number of hydrogen-bond donors (Lipinski definition) is 2. The highest BCUT2D eigenvalue weighted by Gasteiger charge is 2.34. The third-order valence-electron chi connectivity index (χ3n) is 10.1. The van der Waals surface area contributed by atoms with Crippen molar-refractivity contribution in [2.45, 2.75) is 102 Å². The second-order valence-electron chi connectivity index (χ2n) is 13.5. The SMILES string of the molecule is COc1ccc(C2CCC(CN(C(=O)C3CCC(NC(=O)C(C)O)CC3)c3cccc(-c4cnc(C5CC5)s4)c3)CC2)cc1C. The molecule has 3 aliphatic carbocycles. The normalized spacial score (nSPS) is 24.1. The van der Waals surface area contributed by atoms with Gasteiger partial charge in [0.1, 0.15) is 11.9 Å². The molecule has 1 aromatic heterocycles. The number of carbonyl (C=O) groups excluding carboxylic acids is 2. The maximum Gasteiger partial charge on any atom is 0.248 e. The molecular weight excluding hydrogens is 582 g/mol. The highest BCUT2D eigenvalue weighted by molar-refractivity contribution is 7.15. The lowest BCUT2D eigenvalue weighted by Gasteiger charge is -2.36. The number of nitrogens with one attached hydrogen (secondary N) is 1. The molecule has 45 heavy (non-hydrogen) atoms. The van der Waals surface area contributed by atoms with Gasteiger partial charge in [0.05, 0.1) is 17.0 Å². The Balaban J connectivity index is 1.17. The summed E-state index contributed by atoms with van der Waals surface area (Å²) in [6.45, 7) is 4.32. The molecule has 1 atom stereocenters. The summed E-state index contributed by atoms with van der Waals surface area (Å²) in [5, 5.41) is 13.8. The molecule has 3 aliphatic rings. The summed E-state index contributed by atoms with van der Waals surface area (Å²) < 4.78 is 5.48. The molecule has 3 aromatic rings. The second-order valence-corrected chi connectivity index (χ2v) is 14.6. The summed E-state index contributed by atoms with van der Waals surface area (Å²) >= 11 is 1.78. The fourth-order valence-electron chi connectivity index (χ4n) is 7.21. The molecule has 0 saturated heterocycles. The third kappa shape index (κ3) is 7.60. The Morgan fingerprint density at radius 1 is 1.00 bits per heavy atom. The van der Waals surface area contributed by atoms with E-state index in [1.54, 1.807) is 18.4 Å². The van der Waals surface area contributed by atoms with E-state index in [9.17, 15) is 14.7 Å². The van der Waals surface area contributed by atoms with Gasteiger partial charge in [-0.1, -0.05) is 24.3 Å². The Bertz CT molecular complexity index is 1480. The topological polar surface area (TPSA) is 91.8 Å². The van der Waals surface area contributed by atoms with E-state index in [1.165, 1.54) is 35.9 Å². The minimum atomic E-state index is -1.02. The Hall–Kier alpha value is -3.23. The fraction of sp³-hybridized carbons (Fsp3) is 0.541. The van der Waals surface area contributed by atoms with Crippen molar-refractivity contribution in [3.05, 3.63) is 64.8 Å². The number of aliphatic hydroxyl groups is 1. The summed E-state index contributed by atoms with van der Waals surface area (Å²) in [6, 6.07) is 15.1. The molecule has 3 saturated carbocycles. The van der Waals surface area contributed by atoms with E-state index >= 15 is 0 Å². The number of benzene rings is 2. The first-order valence-corrected chi connectivity index (χ1v) is 17.6. The van der Waals surface area contributed by atoms with Crippen LogP contribution in [0.2, 0.25) is 0 Å². The average molecular weight is 630 g/mol. The third-order valence-corrected chi connectivity index (χ3v) is 11.3. The molecule has 1 unspecified atom stereocenters. The number of aromatic nitrogens is 1. The van der Waals surface area contributed by atoms with Crippen molar-refractivity contribution >= 4 is 28.8 Å². The standard InChI is InChI=1S/C37H47N3O4S/c1-23-19-29(15-18-33(23)44-3)26-9-7-25(8-10-26)22-40(37(43)28-13-16-31(17-14-28)39-35(42)24(2)41)32-6-4-5-30(20-32)34-21-38-36(45-34)27-11-12-27/h4-6,15,18-21,24-28,31,41H,7-14,16-17,22H2,1-3H3,(H,39,42). The van der Waals surface area contributed by atoms with Crippen LogP contribution in [0.15, 0.2) is 48.7 Å². The first kappa shape index (κ1) is 31.7. The van der Waals surface area contributed by atoms with Gasteiger partial charge < -0.3 is 20.1 Å². The van der Waals surface area contributed by atoms with E-state index in [4.69, 9.17) is 9.72 Å². The molecule has 0 aliphatic heterocycles. The van der Waals surface area contributed by atoms with E-state index in [-0.39, 0.29) is 23.8 Å². The zero-order valence-electron chi connectivity index (χ0n) is 26.8. The van der Waals surface area contributed by atoms with Gasteiger partial charge in [0.2, 0.25) is 11.8 Å². The largest absolute Gasteiger partial charge is 0.496 e. The molecule has 1 heterocycles. The smallest absolute Gasteiger partial charge is 0.248 e. The molecular formula is C37H47N3O4S. The Kier molecular flexibility index (Phi) is 9.90. The molecule has 2 amide bonds. The van der Waals surface area contributed by atoms with E-state index in [1.807, 2.05) is 6.20 Å². The average Bonchev–Trinajstić information content (AvgIpc) is 3.79. The number of amides is 2. The molecule has 0 bridgehead atoms. The van der Waals surface area contributed by atoms with Gasteiger partial charge in [0.25, 0.3) is 0 Å². The van der Waals surface area contributed by atoms with Gasteiger partial charge in [-0.15, -0.1) is 11.3 Å². The lowest BCUT2D eigenvalue weighted by Crippen LogP contribution is -2.45. The molecule has 8 heteroatoms. The molecule has 240 valence electrons. The number of methoxy groups -OCH3 is 1. The lowest BCUT2D eigenvalue weighted by atomic mass is 9.78. The number of aliphatic hydroxyl groups excluding tert-OH is 1. The number of aryl methyl sites for hydroxylation is 1. The highest BCUT2D eigenvalue weighted by Crippen LogP contribution is 2.44. The van der Waals surface area contributed by atoms with Crippen LogP contribution < -0.4 is 15.0 Å². The van der Waals surface area contributed by atoms with Crippen LogP contribution >= 0.6 is 11.3 Å². The number of ether oxygens (including phenoxy) is 1. The van der Waals surface area contributed by atoms with Crippen LogP contribution in [0, 0.1) is 18.8 Å². The Morgan fingerprint density at radius 3 is 2.40 bits per heavy atom. The number of rotatable bonds is 10. The molecule has 2 aromatic carbocycles. The van der Waals surface area contributed by atoms with Crippen LogP contribution in [0.5, 0.6) is 5.75 Å². The van der Waals surface area contributed by atoms with Gasteiger partial charge in [-0.25, -0.2) is 4.98 Å².